The van der Waals surface area contributed by atoms with Crippen LogP contribution in [0.3, 0.4) is 0 Å². The smallest absolute Gasteiger partial charge is 0.221 e. The summed E-state index contributed by atoms with van der Waals surface area (Å²) in [4.78, 5) is 4.17. The number of aliphatic hydroxyl groups is 1. The minimum Gasteiger partial charge on any atom is -0.481 e. The second-order valence-electron chi connectivity index (χ2n) is 4.29. The zero-order valence-corrected chi connectivity index (χ0v) is 9.10. The van der Waals surface area contributed by atoms with E-state index in [1.165, 1.54) is 0 Å². The third-order valence-electron chi connectivity index (χ3n) is 3.18. The van der Waals surface area contributed by atoms with Crippen molar-refractivity contribution >= 4 is 10.8 Å². The molecule has 3 rings (SSSR count). The fourth-order valence-electron chi connectivity index (χ4n) is 2.00. The number of hydrogen-bond acceptors (Lipinski definition) is 3. The van der Waals surface area contributed by atoms with Crippen LogP contribution in [0.15, 0.2) is 30.5 Å². The van der Waals surface area contributed by atoms with Gasteiger partial charge in [0.1, 0.15) is 0 Å². The van der Waals surface area contributed by atoms with E-state index in [2.05, 4.69) is 4.98 Å². The molecule has 1 heterocycles. The minimum absolute atomic E-state index is 0.602. The number of aromatic nitrogens is 1. The van der Waals surface area contributed by atoms with E-state index in [4.69, 9.17) is 4.74 Å². The molecule has 82 valence electrons. The van der Waals surface area contributed by atoms with Gasteiger partial charge in [-0.3, -0.25) is 0 Å². The molecule has 0 radical (unpaired) electrons. The van der Waals surface area contributed by atoms with Crippen LogP contribution in [0.4, 0.5) is 0 Å². The van der Waals surface area contributed by atoms with Gasteiger partial charge in [-0.15, -0.1) is 0 Å². The van der Waals surface area contributed by atoms with Crippen molar-refractivity contribution in [3.05, 3.63) is 36.0 Å². The highest BCUT2D eigenvalue weighted by molar-refractivity contribution is 5.87. The molecule has 1 aromatic heterocycles. The van der Waals surface area contributed by atoms with E-state index in [0.717, 1.165) is 29.2 Å². The third-order valence-corrected chi connectivity index (χ3v) is 3.18. The molecule has 1 N–H and O–H groups in total. The summed E-state index contributed by atoms with van der Waals surface area (Å²) in [6.07, 6.45) is 3.43. The first-order valence-electron chi connectivity index (χ1n) is 5.38. The molecule has 1 aliphatic rings. The zero-order chi connectivity index (χ0) is 11.2. The third kappa shape index (κ3) is 1.36. The van der Waals surface area contributed by atoms with Crippen molar-refractivity contribution in [2.24, 2.45) is 0 Å². The van der Waals surface area contributed by atoms with Gasteiger partial charge in [0.25, 0.3) is 0 Å². The number of hydrogen-bond donors (Lipinski definition) is 1. The normalized spacial score (nSPS) is 17.4. The number of methoxy groups -OCH3 is 1. The number of nitrogens with zero attached hydrogens (tertiary/aromatic N) is 1. The Morgan fingerprint density at radius 3 is 2.81 bits per heavy atom. The maximum Gasteiger partial charge on any atom is 0.221 e. The summed E-state index contributed by atoms with van der Waals surface area (Å²) < 4.78 is 5.22. The lowest BCUT2D eigenvalue weighted by atomic mass is 10.0. The van der Waals surface area contributed by atoms with Crippen molar-refractivity contribution in [1.82, 2.24) is 4.98 Å². The molecule has 3 heteroatoms. The van der Waals surface area contributed by atoms with Gasteiger partial charge in [-0.25, -0.2) is 4.98 Å². The second-order valence-corrected chi connectivity index (χ2v) is 4.29. The summed E-state index contributed by atoms with van der Waals surface area (Å²) in [7, 11) is 1.61. The van der Waals surface area contributed by atoms with Crippen molar-refractivity contribution < 1.29 is 9.84 Å². The van der Waals surface area contributed by atoms with Gasteiger partial charge < -0.3 is 9.84 Å². The molecule has 1 saturated carbocycles. The van der Waals surface area contributed by atoms with E-state index in [9.17, 15) is 5.11 Å². The van der Waals surface area contributed by atoms with E-state index < -0.39 is 5.60 Å². The van der Waals surface area contributed by atoms with Crippen LogP contribution in [0.1, 0.15) is 18.4 Å². The number of rotatable bonds is 2. The van der Waals surface area contributed by atoms with Crippen LogP contribution >= 0.6 is 0 Å². The second kappa shape index (κ2) is 3.19. The Labute approximate surface area is 93.7 Å². The number of ether oxygens (including phenoxy) is 1. The summed E-state index contributed by atoms with van der Waals surface area (Å²) in [5.41, 5.74) is 0.362. The van der Waals surface area contributed by atoms with Gasteiger partial charge in [0, 0.05) is 11.6 Å². The highest BCUT2D eigenvalue weighted by atomic mass is 16.5. The van der Waals surface area contributed by atoms with E-state index >= 15 is 0 Å². The van der Waals surface area contributed by atoms with E-state index in [1.54, 1.807) is 13.3 Å². The molecular formula is C13H13NO2. The molecule has 16 heavy (non-hydrogen) atoms. The van der Waals surface area contributed by atoms with Gasteiger partial charge in [-0.05, 0) is 35.9 Å². The molecule has 0 bridgehead atoms. The lowest BCUT2D eigenvalue weighted by molar-refractivity contribution is 0.151. The molecule has 1 aromatic carbocycles. The molecule has 0 amide bonds. The van der Waals surface area contributed by atoms with Crippen LogP contribution in [0.25, 0.3) is 10.8 Å². The van der Waals surface area contributed by atoms with Crippen molar-refractivity contribution in [3.8, 4) is 5.88 Å². The Morgan fingerprint density at radius 2 is 2.12 bits per heavy atom. The Hall–Kier alpha value is -1.61. The Balaban J connectivity index is 2.22. The minimum atomic E-state index is -0.602. The fourth-order valence-corrected chi connectivity index (χ4v) is 2.00. The summed E-state index contributed by atoms with van der Waals surface area (Å²) in [6.45, 7) is 0. The van der Waals surface area contributed by atoms with Gasteiger partial charge in [-0.2, -0.15) is 0 Å². The van der Waals surface area contributed by atoms with E-state index in [0.29, 0.717) is 5.88 Å². The average molecular weight is 215 g/mol. The number of pyridine rings is 1. The molecule has 0 saturated heterocycles. The predicted molar refractivity (Wildman–Crippen MR) is 61.4 cm³/mol. The Bertz CT molecular complexity index is 547. The molecule has 3 nitrogen and oxygen atoms in total. The van der Waals surface area contributed by atoms with Crippen LogP contribution < -0.4 is 4.74 Å². The van der Waals surface area contributed by atoms with Gasteiger partial charge >= 0.3 is 0 Å². The summed E-state index contributed by atoms with van der Waals surface area (Å²) in [5, 5.41) is 12.1. The van der Waals surface area contributed by atoms with Gasteiger partial charge in [-0.1, -0.05) is 12.1 Å². The Morgan fingerprint density at radius 1 is 1.31 bits per heavy atom. The largest absolute Gasteiger partial charge is 0.481 e. The maximum absolute atomic E-state index is 10.1. The number of benzene rings is 1. The van der Waals surface area contributed by atoms with Crippen molar-refractivity contribution in [2.75, 3.05) is 7.11 Å². The van der Waals surface area contributed by atoms with Gasteiger partial charge in [0.05, 0.1) is 12.7 Å². The van der Waals surface area contributed by atoms with E-state index in [1.807, 2.05) is 24.3 Å². The quantitative estimate of drug-likeness (QED) is 0.835. The SMILES string of the molecule is COc1nccc2ccc(C3(O)CC3)cc12. The first kappa shape index (κ1) is 9.60. The first-order chi connectivity index (χ1) is 7.73. The van der Waals surface area contributed by atoms with Crippen LogP contribution in [0.5, 0.6) is 5.88 Å². The molecule has 0 spiro atoms. The van der Waals surface area contributed by atoms with E-state index in [-0.39, 0.29) is 0 Å². The van der Waals surface area contributed by atoms with Crippen LogP contribution in [0, 0.1) is 0 Å². The number of fused-ring (bicyclic) bond motifs is 1. The molecule has 2 aromatic rings. The van der Waals surface area contributed by atoms with Gasteiger partial charge in [0.2, 0.25) is 5.88 Å². The maximum atomic E-state index is 10.1. The highest BCUT2D eigenvalue weighted by Gasteiger charge is 2.42. The molecule has 1 fully saturated rings. The molecule has 0 aliphatic heterocycles. The van der Waals surface area contributed by atoms with Crippen molar-refractivity contribution in [2.45, 2.75) is 18.4 Å². The predicted octanol–water partition coefficient (Wildman–Crippen LogP) is 2.22. The summed E-state index contributed by atoms with van der Waals surface area (Å²) in [6, 6.07) is 7.91. The Kier molecular flexibility index (Phi) is 1.91. The summed E-state index contributed by atoms with van der Waals surface area (Å²) in [5.74, 6) is 0.614. The first-order valence-corrected chi connectivity index (χ1v) is 5.38. The van der Waals surface area contributed by atoms with Gasteiger partial charge in [0.15, 0.2) is 0 Å². The zero-order valence-electron chi connectivity index (χ0n) is 9.10. The lowest BCUT2D eigenvalue weighted by Gasteiger charge is -2.10. The monoisotopic (exact) mass is 215 g/mol. The fraction of sp³-hybridized carbons (Fsp3) is 0.308. The standard InChI is InChI=1S/C13H13NO2/c1-16-12-11-8-10(13(15)5-6-13)3-2-9(11)4-7-14-12/h2-4,7-8,15H,5-6H2,1H3. The topological polar surface area (TPSA) is 42.4 Å². The van der Waals surface area contributed by atoms with Crippen LogP contribution in [0.2, 0.25) is 0 Å². The lowest BCUT2D eigenvalue weighted by Crippen LogP contribution is -2.03. The molecule has 0 unspecified atom stereocenters. The summed E-state index contributed by atoms with van der Waals surface area (Å²) >= 11 is 0. The van der Waals surface area contributed by atoms with Crippen LogP contribution in [-0.2, 0) is 5.60 Å². The highest BCUT2D eigenvalue weighted by Crippen LogP contribution is 2.46. The van der Waals surface area contributed by atoms with Crippen molar-refractivity contribution in [3.63, 3.8) is 0 Å². The molecule has 0 atom stereocenters. The van der Waals surface area contributed by atoms with Crippen molar-refractivity contribution in [1.29, 1.82) is 0 Å². The molecule has 1 aliphatic carbocycles. The molecular weight excluding hydrogens is 202 g/mol. The average Bonchev–Trinajstić information content (AvgIpc) is 3.07. The van der Waals surface area contributed by atoms with Crippen LogP contribution in [-0.4, -0.2) is 17.2 Å².